The lowest BCUT2D eigenvalue weighted by Crippen LogP contribution is -2.51. The highest BCUT2D eigenvalue weighted by atomic mass is 32.2. The van der Waals surface area contributed by atoms with E-state index in [0.717, 1.165) is 22.3 Å². The van der Waals surface area contributed by atoms with Crippen LogP contribution in [0.25, 0.3) is 0 Å². The first kappa shape index (κ1) is 22.3. The van der Waals surface area contributed by atoms with Crippen molar-refractivity contribution in [1.82, 2.24) is 9.21 Å². The summed E-state index contributed by atoms with van der Waals surface area (Å²) >= 11 is 0. The standard InChI is InChI=1S/C19H28N2O6S/c1-13-10-14(2)16(4)19(15(13)3)28(24,25)21-8-6-20(7-9-21)17(22)11-27-18(23)12-26-5/h10H,6-9,11-12H2,1-5H3. The van der Waals surface area contributed by atoms with Crippen LogP contribution in [-0.2, 0) is 29.1 Å². The molecule has 8 nitrogen and oxygen atoms in total. The van der Waals surface area contributed by atoms with Gasteiger partial charge < -0.3 is 14.4 Å². The van der Waals surface area contributed by atoms with Crippen LogP contribution in [0.15, 0.2) is 11.0 Å². The zero-order valence-corrected chi connectivity index (χ0v) is 17.9. The maximum atomic E-state index is 13.2. The van der Waals surface area contributed by atoms with Crippen LogP contribution in [0.4, 0.5) is 0 Å². The molecule has 0 N–H and O–H groups in total. The van der Waals surface area contributed by atoms with Crippen molar-refractivity contribution in [1.29, 1.82) is 0 Å². The second-order valence-electron chi connectivity index (χ2n) is 6.97. The van der Waals surface area contributed by atoms with Crippen molar-refractivity contribution < 1.29 is 27.5 Å². The largest absolute Gasteiger partial charge is 0.454 e. The Labute approximate surface area is 166 Å². The summed E-state index contributed by atoms with van der Waals surface area (Å²) < 4.78 is 37.4. The number of methoxy groups -OCH3 is 1. The molecule has 0 atom stereocenters. The van der Waals surface area contributed by atoms with Gasteiger partial charge in [-0.25, -0.2) is 13.2 Å². The van der Waals surface area contributed by atoms with Crippen molar-refractivity contribution in [3.05, 3.63) is 28.3 Å². The smallest absolute Gasteiger partial charge is 0.332 e. The second kappa shape index (κ2) is 9.02. The minimum Gasteiger partial charge on any atom is -0.454 e. The van der Waals surface area contributed by atoms with Crippen LogP contribution >= 0.6 is 0 Å². The van der Waals surface area contributed by atoms with Gasteiger partial charge in [-0.05, 0) is 49.9 Å². The Hall–Kier alpha value is -1.97. The van der Waals surface area contributed by atoms with E-state index in [1.165, 1.54) is 16.3 Å². The molecule has 1 saturated heterocycles. The van der Waals surface area contributed by atoms with E-state index in [9.17, 15) is 18.0 Å². The molecule has 2 rings (SSSR count). The van der Waals surface area contributed by atoms with E-state index < -0.39 is 16.0 Å². The summed E-state index contributed by atoms with van der Waals surface area (Å²) in [5.41, 5.74) is 3.39. The molecule has 0 aliphatic carbocycles. The van der Waals surface area contributed by atoms with Crippen molar-refractivity contribution in [2.45, 2.75) is 32.6 Å². The zero-order valence-electron chi connectivity index (χ0n) is 17.1. The summed E-state index contributed by atoms with van der Waals surface area (Å²) in [7, 11) is -2.29. The number of aryl methyl sites for hydroxylation is 2. The van der Waals surface area contributed by atoms with Gasteiger partial charge >= 0.3 is 5.97 Å². The Morgan fingerprint density at radius 2 is 1.50 bits per heavy atom. The van der Waals surface area contributed by atoms with Gasteiger partial charge in [0.15, 0.2) is 6.61 Å². The molecule has 1 aromatic rings. The number of benzene rings is 1. The maximum absolute atomic E-state index is 13.2. The van der Waals surface area contributed by atoms with Crippen molar-refractivity contribution in [2.24, 2.45) is 0 Å². The average molecular weight is 413 g/mol. The molecular weight excluding hydrogens is 384 g/mol. The highest BCUT2D eigenvalue weighted by Crippen LogP contribution is 2.29. The number of ether oxygens (including phenoxy) is 2. The Morgan fingerprint density at radius 1 is 0.964 bits per heavy atom. The molecule has 1 aliphatic heterocycles. The minimum atomic E-state index is -3.66. The van der Waals surface area contributed by atoms with E-state index >= 15 is 0 Å². The maximum Gasteiger partial charge on any atom is 0.332 e. The monoisotopic (exact) mass is 412 g/mol. The van der Waals surface area contributed by atoms with Crippen LogP contribution in [0.2, 0.25) is 0 Å². The SMILES string of the molecule is COCC(=O)OCC(=O)N1CCN(S(=O)(=O)c2c(C)c(C)cc(C)c2C)CC1. The van der Waals surface area contributed by atoms with Gasteiger partial charge in [-0.2, -0.15) is 4.31 Å². The Balaban J connectivity index is 2.07. The third-order valence-corrected chi connectivity index (χ3v) is 7.28. The number of esters is 1. The summed E-state index contributed by atoms with van der Waals surface area (Å²) in [5, 5.41) is 0. The third kappa shape index (κ3) is 4.71. The van der Waals surface area contributed by atoms with E-state index in [-0.39, 0.29) is 45.3 Å². The summed E-state index contributed by atoms with van der Waals surface area (Å²) in [6, 6.07) is 1.99. The second-order valence-corrected chi connectivity index (χ2v) is 8.84. The van der Waals surface area contributed by atoms with Crippen LogP contribution in [0.5, 0.6) is 0 Å². The molecule has 0 saturated carbocycles. The fraction of sp³-hybridized carbons (Fsp3) is 0.579. The van der Waals surface area contributed by atoms with Gasteiger partial charge in [0.25, 0.3) is 5.91 Å². The highest BCUT2D eigenvalue weighted by molar-refractivity contribution is 7.89. The molecule has 0 aromatic heterocycles. The molecule has 0 radical (unpaired) electrons. The number of nitrogens with zero attached hydrogens (tertiary/aromatic N) is 2. The molecule has 1 aromatic carbocycles. The normalized spacial score (nSPS) is 15.5. The van der Waals surface area contributed by atoms with Gasteiger partial charge in [0.1, 0.15) is 6.61 Å². The Morgan fingerprint density at radius 3 is 2.00 bits per heavy atom. The molecule has 1 heterocycles. The van der Waals surface area contributed by atoms with E-state index in [0.29, 0.717) is 4.90 Å². The first-order chi connectivity index (χ1) is 13.1. The van der Waals surface area contributed by atoms with Crippen molar-refractivity contribution in [3.8, 4) is 0 Å². The average Bonchev–Trinajstić information content (AvgIpc) is 2.65. The molecule has 0 spiro atoms. The van der Waals surface area contributed by atoms with Gasteiger partial charge in [0.2, 0.25) is 10.0 Å². The summed E-state index contributed by atoms with van der Waals surface area (Å²) in [6.07, 6.45) is 0. The number of hydrogen-bond acceptors (Lipinski definition) is 6. The predicted molar refractivity (Wildman–Crippen MR) is 104 cm³/mol. The predicted octanol–water partition coefficient (Wildman–Crippen LogP) is 0.943. The zero-order chi connectivity index (χ0) is 21.1. The minimum absolute atomic E-state index is 0.200. The lowest BCUT2D eigenvalue weighted by Gasteiger charge is -2.34. The van der Waals surface area contributed by atoms with Crippen LogP contribution in [-0.4, -0.2) is 76.0 Å². The van der Waals surface area contributed by atoms with Gasteiger partial charge in [-0.3, -0.25) is 4.79 Å². The molecule has 0 bridgehead atoms. The first-order valence-corrected chi connectivity index (χ1v) is 10.5. The number of hydrogen-bond donors (Lipinski definition) is 0. The first-order valence-electron chi connectivity index (χ1n) is 9.09. The lowest BCUT2D eigenvalue weighted by molar-refractivity contribution is -0.155. The molecule has 28 heavy (non-hydrogen) atoms. The van der Waals surface area contributed by atoms with E-state index in [2.05, 4.69) is 4.74 Å². The molecule has 9 heteroatoms. The van der Waals surface area contributed by atoms with Crippen LogP contribution in [0.1, 0.15) is 22.3 Å². The van der Waals surface area contributed by atoms with E-state index in [1.54, 1.807) is 0 Å². The van der Waals surface area contributed by atoms with Crippen molar-refractivity contribution in [2.75, 3.05) is 46.5 Å². The van der Waals surface area contributed by atoms with E-state index in [1.807, 2.05) is 33.8 Å². The number of carbonyl (C=O) groups is 2. The number of sulfonamides is 1. The number of amides is 1. The number of rotatable bonds is 6. The van der Waals surface area contributed by atoms with Gasteiger partial charge in [-0.15, -0.1) is 0 Å². The topological polar surface area (TPSA) is 93.2 Å². The fourth-order valence-electron chi connectivity index (χ4n) is 3.27. The fourth-order valence-corrected chi connectivity index (χ4v) is 5.27. The van der Waals surface area contributed by atoms with Crippen molar-refractivity contribution in [3.63, 3.8) is 0 Å². The quantitative estimate of drug-likeness (QED) is 0.646. The molecule has 1 amide bonds. The third-order valence-electron chi connectivity index (χ3n) is 5.11. The molecule has 0 unspecified atom stereocenters. The van der Waals surface area contributed by atoms with Crippen LogP contribution in [0.3, 0.4) is 0 Å². The van der Waals surface area contributed by atoms with E-state index in [4.69, 9.17) is 4.74 Å². The van der Waals surface area contributed by atoms with Gasteiger partial charge in [0, 0.05) is 33.3 Å². The summed E-state index contributed by atoms with van der Waals surface area (Å²) in [4.78, 5) is 25.3. The molecule has 156 valence electrons. The van der Waals surface area contributed by atoms with Crippen molar-refractivity contribution >= 4 is 21.9 Å². The van der Waals surface area contributed by atoms with Gasteiger partial charge in [-0.1, -0.05) is 6.07 Å². The number of piperazine rings is 1. The van der Waals surface area contributed by atoms with Crippen LogP contribution < -0.4 is 0 Å². The Bertz CT molecular complexity index is 831. The Kier molecular flexibility index (Phi) is 7.19. The summed E-state index contributed by atoms with van der Waals surface area (Å²) in [6.45, 7) is 7.78. The van der Waals surface area contributed by atoms with Crippen LogP contribution in [0, 0.1) is 27.7 Å². The summed E-state index contributed by atoms with van der Waals surface area (Å²) in [5.74, 6) is -0.960. The molecular formula is C19H28N2O6S. The van der Waals surface area contributed by atoms with Gasteiger partial charge in [0.05, 0.1) is 4.90 Å². The molecule has 1 fully saturated rings. The number of carbonyl (C=O) groups excluding carboxylic acids is 2. The highest BCUT2D eigenvalue weighted by Gasteiger charge is 2.33. The molecule has 1 aliphatic rings. The lowest BCUT2D eigenvalue weighted by atomic mass is 10.0.